The monoisotopic (exact) mass is 646 g/mol. The second-order valence-electron chi connectivity index (χ2n) is 12.2. The summed E-state index contributed by atoms with van der Waals surface area (Å²) in [5.41, 5.74) is 12.1. The molecule has 8 bridgehead atoms. The molecule has 2 aliphatic rings. The number of nitrogens with zero attached hydrogens (tertiary/aromatic N) is 3. The number of nitrogens with two attached hydrogens (primary N) is 1. The minimum atomic E-state index is -0.398. The highest BCUT2D eigenvalue weighted by Gasteiger charge is 2.31. The number of hydrogen-bond acceptors (Lipinski definition) is 4. The van der Waals surface area contributed by atoms with Gasteiger partial charge in [0.05, 0.1) is 16.9 Å². The van der Waals surface area contributed by atoms with Gasteiger partial charge in [-0.1, -0.05) is 121 Å². The molecule has 0 atom stereocenters. The topological polar surface area (TPSA) is 104 Å². The van der Waals surface area contributed by atoms with Crippen molar-refractivity contribution in [2.24, 2.45) is 5.84 Å². The van der Waals surface area contributed by atoms with E-state index in [1.54, 1.807) is 0 Å². The molecule has 9 rings (SSSR count). The summed E-state index contributed by atoms with van der Waals surface area (Å²) >= 11 is 0. The summed E-state index contributed by atoms with van der Waals surface area (Å²) in [4.78, 5) is 32.0. The van der Waals surface area contributed by atoms with Gasteiger partial charge < -0.3 is 9.97 Å². The lowest BCUT2D eigenvalue weighted by atomic mass is 10.0. The number of hydrazine groups is 1. The summed E-state index contributed by atoms with van der Waals surface area (Å²) in [5.74, 6) is 6.64. The van der Waals surface area contributed by atoms with Crippen LogP contribution < -0.4 is 10.9 Å². The lowest BCUT2D eigenvalue weighted by molar-refractivity contribution is 0.0992. The Morgan fingerprint density at radius 1 is 0.440 bits per heavy atom. The van der Waals surface area contributed by atoms with Crippen LogP contribution in [-0.4, -0.2) is 25.8 Å². The molecule has 0 saturated heterocycles. The maximum absolute atomic E-state index is 14.3. The summed E-state index contributed by atoms with van der Waals surface area (Å²) in [6, 6.07) is 48.3. The van der Waals surface area contributed by atoms with Gasteiger partial charge in [0.2, 0.25) is 0 Å². The highest BCUT2D eigenvalue weighted by molar-refractivity contribution is 6.15. The summed E-state index contributed by atoms with van der Waals surface area (Å²) in [5, 5.41) is 1.16. The number of benzene rings is 4. The SMILES string of the molecule is NN1C(=O)c2nc1c(-c1ccccc1)c1ccc([nH]1)c(-c1ccccc1)c1nc(c(-c3ccccc3)c3ccc([nH]3)c2-c2ccccc2)C=C1. The molecule has 50 heavy (non-hydrogen) atoms. The molecular weight excluding hydrogens is 617 g/mol. The first kappa shape index (κ1) is 29.3. The Morgan fingerprint density at radius 2 is 0.800 bits per heavy atom. The largest absolute Gasteiger partial charge is 0.354 e. The van der Waals surface area contributed by atoms with Crippen LogP contribution >= 0.6 is 0 Å². The number of amides is 1. The van der Waals surface area contributed by atoms with E-state index in [2.05, 4.69) is 52.5 Å². The van der Waals surface area contributed by atoms with Gasteiger partial charge in [-0.2, -0.15) is 0 Å². The van der Waals surface area contributed by atoms with E-state index < -0.39 is 5.91 Å². The summed E-state index contributed by atoms with van der Waals surface area (Å²) < 4.78 is 0. The number of anilines is 1. The molecule has 0 unspecified atom stereocenters. The number of aromatic nitrogens is 4. The molecule has 5 heterocycles. The lowest BCUT2D eigenvalue weighted by Gasteiger charge is -2.12. The second kappa shape index (κ2) is 12.0. The number of nitrogens with one attached hydrogen (secondary N) is 2. The van der Waals surface area contributed by atoms with E-state index in [0.29, 0.717) is 16.9 Å². The van der Waals surface area contributed by atoms with Gasteiger partial charge >= 0.3 is 0 Å². The number of rotatable bonds is 4. The molecule has 2 aliphatic heterocycles. The third kappa shape index (κ3) is 4.92. The van der Waals surface area contributed by atoms with Gasteiger partial charge in [0.25, 0.3) is 5.91 Å². The third-order valence-electron chi connectivity index (χ3n) is 9.18. The summed E-state index contributed by atoms with van der Waals surface area (Å²) in [6.07, 6.45) is 4.15. The molecule has 7 heteroatoms. The molecule has 0 spiro atoms. The van der Waals surface area contributed by atoms with E-state index >= 15 is 0 Å². The fourth-order valence-corrected chi connectivity index (χ4v) is 6.90. The van der Waals surface area contributed by atoms with E-state index in [4.69, 9.17) is 15.8 Å². The van der Waals surface area contributed by atoms with Crippen molar-refractivity contribution < 1.29 is 4.79 Å². The minimum Gasteiger partial charge on any atom is -0.354 e. The number of H-pyrrole nitrogens is 2. The maximum atomic E-state index is 14.3. The highest BCUT2D eigenvalue weighted by atomic mass is 16.2. The Bertz CT molecular complexity index is 2610. The van der Waals surface area contributed by atoms with Crippen molar-refractivity contribution in [2.45, 2.75) is 0 Å². The Labute approximate surface area is 288 Å². The molecule has 238 valence electrons. The predicted molar refractivity (Wildman–Crippen MR) is 203 cm³/mol. The summed E-state index contributed by atoms with van der Waals surface area (Å²) in [6.45, 7) is 0. The van der Waals surface area contributed by atoms with Crippen LogP contribution in [0.1, 0.15) is 21.9 Å². The van der Waals surface area contributed by atoms with Crippen LogP contribution in [0.4, 0.5) is 5.82 Å². The van der Waals surface area contributed by atoms with Crippen LogP contribution in [0.25, 0.3) is 78.7 Å². The molecule has 0 saturated carbocycles. The summed E-state index contributed by atoms with van der Waals surface area (Å²) in [7, 11) is 0. The fraction of sp³-hybridized carbons (Fsp3) is 0. The van der Waals surface area contributed by atoms with Crippen molar-refractivity contribution in [3.8, 4) is 44.5 Å². The zero-order valence-electron chi connectivity index (χ0n) is 26.8. The average molecular weight is 647 g/mol. The van der Waals surface area contributed by atoms with Crippen molar-refractivity contribution in [1.29, 1.82) is 0 Å². The van der Waals surface area contributed by atoms with Crippen molar-refractivity contribution in [3.05, 3.63) is 163 Å². The van der Waals surface area contributed by atoms with Gasteiger partial charge in [-0.25, -0.2) is 20.8 Å². The van der Waals surface area contributed by atoms with Crippen molar-refractivity contribution >= 4 is 45.9 Å². The zero-order valence-corrected chi connectivity index (χ0v) is 26.8. The smallest absolute Gasteiger partial charge is 0.293 e. The predicted octanol–water partition coefficient (Wildman–Crippen LogP) is 9.67. The highest BCUT2D eigenvalue weighted by Crippen LogP contribution is 2.39. The first-order chi connectivity index (χ1) is 24.6. The van der Waals surface area contributed by atoms with Crippen LogP contribution in [0.3, 0.4) is 0 Å². The normalized spacial score (nSPS) is 12.4. The van der Waals surface area contributed by atoms with Crippen LogP contribution in [0.15, 0.2) is 146 Å². The van der Waals surface area contributed by atoms with Gasteiger partial charge in [0.1, 0.15) is 5.69 Å². The Hall–Kier alpha value is -6.83. The Morgan fingerprint density at radius 3 is 1.24 bits per heavy atom. The average Bonchev–Trinajstić information content (AvgIpc) is 3.99. The Kier molecular flexibility index (Phi) is 7.04. The van der Waals surface area contributed by atoms with E-state index in [1.807, 2.05) is 115 Å². The van der Waals surface area contributed by atoms with Crippen molar-refractivity contribution in [2.75, 3.05) is 5.01 Å². The number of aromatic amines is 2. The molecule has 0 aliphatic carbocycles. The quantitative estimate of drug-likeness (QED) is 0.131. The van der Waals surface area contributed by atoms with Gasteiger partial charge in [0.15, 0.2) is 5.82 Å². The number of fused-ring (bicyclic) bond motifs is 8. The van der Waals surface area contributed by atoms with Crippen LogP contribution in [0, 0.1) is 0 Å². The van der Waals surface area contributed by atoms with Crippen molar-refractivity contribution in [1.82, 2.24) is 19.9 Å². The van der Waals surface area contributed by atoms with Crippen LogP contribution in [0.2, 0.25) is 0 Å². The lowest BCUT2D eigenvalue weighted by Crippen LogP contribution is -2.34. The molecule has 4 N–H and O–H groups in total. The molecule has 0 fully saturated rings. The standard InChI is InChI=1S/C43H30N6O/c44-49-42-40(30-19-11-4-12-20-30)36-26-24-34(47-36)38(28-15-7-2-8-16-28)32-22-21-31(45-32)37(27-13-5-1-6-14-27)33-23-25-35(46-33)39(41(48-42)43(49)50)29-17-9-3-10-18-29/h1-26,46-47H,44H2. The van der Waals surface area contributed by atoms with Gasteiger partial charge in [-0.3, -0.25) is 4.79 Å². The molecule has 0 radical (unpaired) electrons. The first-order valence-electron chi connectivity index (χ1n) is 16.4. The molecule has 3 aromatic heterocycles. The molecule has 4 aromatic carbocycles. The fourth-order valence-electron chi connectivity index (χ4n) is 6.90. The van der Waals surface area contributed by atoms with Gasteiger partial charge in [-0.05, 0) is 58.7 Å². The zero-order chi connectivity index (χ0) is 33.6. The maximum Gasteiger partial charge on any atom is 0.293 e. The van der Waals surface area contributed by atoms with E-state index in [0.717, 1.165) is 71.8 Å². The first-order valence-corrected chi connectivity index (χ1v) is 16.4. The van der Waals surface area contributed by atoms with Crippen LogP contribution in [-0.2, 0) is 0 Å². The van der Waals surface area contributed by atoms with Gasteiger partial charge in [0, 0.05) is 38.8 Å². The van der Waals surface area contributed by atoms with E-state index in [1.165, 1.54) is 0 Å². The number of hydrogen-bond donors (Lipinski definition) is 3. The van der Waals surface area contributed by atoms with E-state index in [9.17, 15) is 4.79 Å². The van der Waals surface area contributed by atoms with Crippen molar-refractivity contribution in [3.63, 3.8) is 0 Å². The Balaban J connectivity index is 1.51. The molecular formula is C43H30N6O. The number of carbonyl (C=O) groups is 1. The molecule has 1 amide bonds. The molecule has 7 nitrogen and oxygen atoms in total. The second-order valence-corrected chi connectivity index (χ2v) is 12.2. The van der Waals surface area contributed by atoms with Gasteiger partial charge in [-0.15, -0.1) is 0 Å². The van der Waals surface area contributed by atoms with E-state index in [-0.39, 0.29) is 5.69 Å². The number of carbonyl (C=O) groups excluding carboxylic acids is 1. The van der Waals surface area contributed by atoms with Crippen LogP contribution in [0.5, 0.6) is 0 Å². The minimum absolute atomic E-state index is 0.251. The third-order valence-corrected chi connectivity index (χ3v) is 9.18. The molecule has 7 aromatic rings.